The van der Waals surface area contributed by atoms with Crippen molar-refractivity contribution < 1.29 is 4.79 Å². The summed E-state index contributed by atoms with van der Waals surface area (Å²) in [7, 11) is 0. The molecule has 0 aliphatic carbocycles. The molecule has 0 amide bonds. The molecule has 1 N–H and O–H groups in total. The molecular weight excluding hydrogens is 222 g/mol. The summed E-state index contributed by atoms with van der Waals surface area (Å²) in [5.41, 5.74) is 7.01. The lowest BCUT2D eigenvalue weighted by Gasteiger charge is -2.06. The third-order valence-corrected chi connectivity index (χ3v) is 3.67. The van der Waals surface area contributed by atoms with E-state index in [0.717, 1.165) is 28.1 Å². The highest BCUT2D eigenvalue weighted by molar-refractivity contribution is 6.09. The first-order valence-electron chi connectivity index (χ1n) is 6.19. The monoisotopic (exact) mass is 241 g/mol. The number of H-pyrrole nitrogens is 1. The molecule has 0 aliphatic rings. The number of aromatic nitrogens is 1. The predicted octanol–water partition coefficient (Wildman–Crippen LogP) is 3.79. The van der Waals surface area contributed by atoms with Crippen LogP contribution < -0.4 is 0 Å². The van der Waals surface area contributed by atoms with Gasteiger partial charge in [-0.05, 0) is 51.3 Å². The predicted molar refractivity (Wildman–Crippen MR) is 74.4 cm³/mol. The lowest BCUT2D eigenvalue weighted by Crippen LogP contribution is -2.06. The Labute approximate surface area is 108 Å². The van der Waals surface area contributed by atoms with Crippen molar-refractivity contribution in [3.8, 4) is 0 Å². The molecule has 2 aromatic rings. The van der Waals surface area contributed by atoms with Crippen LogP contribution >= 0.6 is 0 Å². The zero-order chi connectivity index (χ0) is 13.4. The van der Waals surface area contributed by atoms with E-state index in [1.807, 2.05) is 52.8 Å². The normalized spacial score (nSPS) is 10.7. The van der Waals surface area contributed by atoms with Gasteiger partial charge in [0.2, 0.25) is 5.78 Å². The third kappa shape index (κ3) is 1.99. The summed E-state index contributed by atoms with van der Waals surface area (Å²) in [6.45, 7) is 10.1. The average molecular weight is 241 g/mol. The Morgan fingerprint density at radius 3 is 2.17 bits per heavy atom. The number of hydrogen-bond donors (Lipinski definition) is 1. The number of rotatable bonds is 2. The molecule has 1 aromatic heterocycles. The van der Waals surface area contributed by atoms with Gasteiger partial charge in [0.1, 0.15) is 0 Å². The largest absolute Gasteiger partial charge is 0.356 e. The van der Waals surface area contributed by atoms with Crippen LogP contribution in [0.15, 0.2) is 18.2 Å². The first kappa shape index (κ1) is 12.6. The number of hydrogen-bond acceptors (Lipinski definition) is 1. The molecule has 18 heavy (non-hydrogen) atoms. The molecular formula is C16H19NO. The Hall–Kier alpha value is -1.83. The second kappa shape index (κ2) is 4.45. The van der Waals surface area contributed by atoms with E-state index in [1.165, 1.54) is 11.1 Å². The Kier molecular flexibility index (Phi) is 3.12. The Morgan fingerprint density at radius 1 is 1.00 bits per heavy atom. The van der Waals surface area contributed by atoms with Gasteiger partial charge in [-0.2, -0.15) is 0 Å². The quantitative estimate of drug-likeness (QED) is 0.797. The topological polar surface area (TPSA) is 32.9 Å². The number of aryl methyl sites for hydroxylation is 3. The van der Waals surface area contributed by atoms with E-state index >= 15 is 0 Å². The van der Waals surface area contributed by atoms with Gasteiger partial charge in [0, 0.05) is 11.3 Å². The van der Waals surface area contributed by atoms with Crippen molar-refractivity contribution in [3.63, 3.8) is 0 Å². The third-order valence-electron chi connectivity index (χ3n) is 3.67. The first-order chi connectivity index (χ1) is 8.41. The van der Waals surface area contributed by atoms with Gasteiger partial charge in [0.15, 0.2) is 0 Å². The Morgan fingerprint density at radius 2 is 1.67 bits per heavy atom. The van der Waals surface area contributed by atoms with Crippen LogP contribution in [0.2, 0.25) is 0 Å². The van der Waals surface area contributed by atoms with Crippen LogP contribution in [0.4, 0.5) is 0 Å². The number of carbonyl (C=O) groups is 1. The molecule has 0 fully saturated rings. The van der Waals surface area contributed by atoms with Crippen molar-refractivity contribution in [2.45, 2.75) is 34.6 Å². The van der Waals surface area contributed by atoms with Gasteiger partial charge in [-0.15, -0.1) is 0 Å². The number of ketones is 1. The molecule has 0 saturated heterocycles. The molecule has 0 atom stereocenters. The number of nitrogens with one attached hydrogen (secondary N) is 1. The first-order valence-corrected chi connectivity index (χ1v) is 6.19. The lowest BCUT2D eigenvalue weighted by atomic mass is 9.98. The zero-order valence-electron chi connectivity index (χ0n) is 11.6. The summed E-state index contributed by atoms with van der Waals surface area (Å²) in [6, 6.07) is 5.95. The highest BCUT2D eigenvalue weighted by Crippen LogP contribution is 2.21. The van der Waals surface area contributed by atoms with Crippen molar-refractivity contribution >= 4 is 5.78 Å². The maximum Gasteiger partial charge on any atom is 0.209 e. The molecule has 2 nitrogen and oxygen atoms in total. The fraction of sp³-hybridized carbons (Fsp3) is 0.312. The summed E-state index contributed by atoms with van der Waals surface area (Å²) in [4.78, 5) is 15.7. The fourth-order valence-electron chi connectivity index (χ4n) is 2.27. The van der Waals surface area contributed by atoms with Gasteiger partial charge in [-0.3, -0.25) is 4.79 Å². The lowest BCUT2D eigenvalue weighted by molar-refractivity contribution is 0.103. The van der Waals surface area contributed by atoms with E-state index in [9.17, 15) is 4.79 Å². The maximum atomic E-state index is 12.5. The molecule has 2 rings (SSSR count). The van der Waals surface area contributed by atoms with E-state index in [-0.39, 0.29) is 5.78 Å². The van der Waals surface area contributed by atoms with E-state index in [4.69, 9.17) is 0 Å². The van der Waals surface area contributed by atoms with Crippen LogP contribution in [0.1, 0.15) is 44.0 Å². The Bertz CT molecular complexity index is 620. The number of aromatic amines is 1. The van der Waals surface area contributed by atoms with Gasteiger partial charge in [0.25, 0.3) is 0 Å². The fourth-order valence-corrected chi connectivity index (χ4v) is 2.27. The summed E-state index contributed by atoms with van der Waals surface area (Å²) >= 11 is 0. The van der Waals surface area contributed by atoms with Crippen LogP contribution in [0.25, 0.3) is 0 Å². The molecule has 0 saturated carbocycles. The molecule has 0 radical (unpaired) electrons. The van der Waals surface area contributed by atoms with E-state index in [0.29, 0.717) is 0 Å². The second-order valence-corrected chi connectivity index (χ2v) is 5.02. The average Bonchev–Trinajstić information content (AvgIpc) is 2.56. The second-order valence-electron chi connectivity index (χ2n) is 5.02. The number of benzene rings is 1. The van der Waals surface area contributed by atoms with Crippen LogP contribution in [0.3, 0.4) is 0 Å². The van der Waals surface area contributed by atoms with Crippen molar-refractivity contribution in [2.75, 3.05) is 0 Å². The van der Waals surface area contributed by atoms with Gasteiger partial charge in [-0.1, -0.05) is 23.8 Å². The van der Waals surface area contributed by atoms with E-state index < -0.39 is 0 Å². The van der Waals surface area contributed by atoms with Gasteiger partial charge in [-0.25, -0.2) is 0 Å². The molecule has 0 unspecified atom stereocenters. The van der Waals surface area contributed by atoms with Crippen LogP contribution in [-0.4, -0.2) is 10.8 Å². The van der Waals surface area contributed by atoms with E-state index in [1.54, 1.807) is 0 Å². The minimum atomic E-state index is 0.0844. The van der Waals surface area contributed by atoms with E-state index in [2.05, 4.69) is 4.98 Å². The minimum absolute atomic E-state index is 0.0844. The van der Waals surface area contributed by atoms with Crippen molar-refractivity contribution in [1.29, 1.82) is 0 Å². The highest BCUT2D eigenvalue weighted by atomic mass is 16.1. The highest BCUT2D eigenvalue weighted by Gasteiger charge is 2.18. The summed E-state index contributed by atoms with van der Waals surface area (Å²) in [5.74, 6) is 0.0844. The number of carbonyl (C=O) groups excluding carboxylic acids is 1. The van der Waals surface area contributed by atoms with Crippen LogP contribution in [-0.2, 0) is 0 Å². The summed E-state index contributed by atoms with van der Waals surface area (Å²) in [5, 5.41) is 0. The summed E-state index contributed by atoms with van der Waals surface area (Å²) < 4.78 is 0. The summed E-state index contributed by atoms with van der Waals surface area (Å²) in [6.07, 6.45) is 0. The maximum absolute atomic E-state index is 12.5. The van der Waals surface area contributed by atoms with Crippen molar-refractivity contribution in [3.05, 3.63) is 57.4 Å². The van der Waals surface area contributed by atoms with Gasteiger partial charge in [0.05, 0.1) is 5.69 Å². The molecule has 1 aromatic carbocycles. The van der Waals surface area contributed by atoms with Gasteiger partial charge >= 0.3 is 0 Å². The molecule has 0 spiro atoms. The molecule has 2 heteroatoms. The molecule has 94 valence electrons. The van der Waals surface area contributed by atoms with Crippen LogP contribution in [0, 0.1) is 34.6 Å². The zero-order valence-corrected chi connectivity index (χ0v) is 11.6. The molecule has 1 heterocycles. The van der Waals surface area contributed by atoms with Crippen LogP contribution in [0.5, 0.6) is 0 Å². The Balaban J connectivity index is 2.51. The minimum Gasteiger partial charge on any atom is -0.356 e. The SMILES string of the molecule is Cc1ccc(C(=O)c2[nH]c(C)c(C)c2C)c(C)c1. The standard InChI is InChI=1S/C16H19NO/c1-9-6-7-14(10(2)8-9)16(18)15-12(4)11(3)13(5)17-15/h6-8,17H,1-5H3. The van der Waals surface area contributed by atoms with Crippen molar-refractivity contribution in [1.82, 2.24) is 4.98 Å². The van der Waals surface area contributed by atoms with Gasteiger partial charge < -0.3 is 4.98 Å². The molecule has 0 aliphatic heterocycles. The smallest absolute Gasteiger partial charge is 0.209 e. The molecule has 0 bridgehead atoms. The van der Waals surface area contributed by atoms with Crippen molar-refractivity contribution in [2.24, 2.45) is 0 Å².